The molecule has 2 N–H and O–H groups in total. The van der Waals surface area contributed by atoms with E-state index in [-0.39, 0.29) is 10.1 Å². The molecular weight excluding hydrogens is 320 g/mol. The first kappa shape index (κ1) is 16.3. The second kappa shape index (κ2) is 6.76. The van der Waals surface area contributed by atoms with E-state index in [4.69, 9.17) is 0 Å². The minimum Gasteiger partial charge on any atom is -0.349 e. The summed E-state index contributed by atoms with van der Waals surface area (Å²) in [6.45, 7) is 5.75. The number of rotatable bonds is 6. The number of carbonyl (C=O) groups is 1. The number of carbonyl (C=O) groups excluding carboxylic acids is 1. The van der Waals surface area contributed by atoms with Crippen molar-refractivity contribution in [3.05, 3.63) is 59.5 Å². The van der Waals surface area contributed by atoms with Gasteiger partial charge in [0.15, 0.2) is 0 Å². The highest BCUT2D eigenvalue weighted by Crippen LogP contribution is 2.23. The van der Waals surface area contributed by atoms with Crippen LogP contribution in [0, 0.1) is 6.92 Å². The molecule has 0 aliphatic rings. The molecule has 1 heterocycles. The maximum Gasteiger partial charge on any atom is 0.271 e. The van der Waals surface area contributed by atoms with Crippen LogP contribution in [0.15, 0.2) is 53.3 Å². The third kappa shape index (κ3) is 3.96. The highest BCUT2D eigenvalue weighted by Gasteiger charge is 2.16. The molecule has 5 nitrogen and oxygen atoms in total. The SMILES string of the molecule is C=CCNC(=O)c1ccc(NS(=O)(=O)c2ccc(C)s2)cc1. The topological polar surface area (TPSA) is 75.3 Å². The van der Waals surface area contributed by atoms with E-state index in [1.807, 2.05) is 6.92 Å². The second-order valence-electron chi connectivity index (χ2n) is 4.55. The first-order chi connectivity index (χ1) is 10.4. The number of amides is 1. The van der Waals surface area contributed by atoms with Crippen LogP contribution in [0.5, 0.6) is 0 Å². The van der Waals surface area contributed by atoms with Crippen molar-refractivity contribution in [1.82, 2.24) is 5.32 Å². The molecule has 0 saturated carbocycles. The molecule has 1 aromatic heterocycles. The lowest BCUT2D eigenvalue weighted by molar-refractivity contribution is 0.0958. The largest absolute Gasteiger partial charge is 0.349 e. The van der Waals surface area contributed by atoms with Gasteiger partial charge in [-0.3, -0.25) is 9.52 Å². The first-order valence-corrected chi connectivity index (χ1v) is 8.81. The summed E-state index contributed by atoms with van der Waals surface area (Å²) < 4.78 is 27.1. The van der Waals surface area contributed by atoms with Gasteiger partial charge in [-0.05, 0) is 43.3 Å². The Kier molecular flexibility index (Phi) is 4.99. The number of nitrogens with one attached hydrogen (secondary N) is 2. The van der Waals surface area contributed by atoms with Crippen molar-refractivity contribution in [3.63, 3.8) is 0 Å². The van der Waals surface area contributed by atoms with Crippen LogP contribution in [0.1, 0.15) is 15.2 Å². The molecule has 7 heteroatoms. The van der Waals surface area contributed by atoms with Crippen molar-refractivity contribution in [1.29, 1.82) is 0 Å². The molecule has 0 saturated heterocycles. The average Bonchev–Trinajstić information content (AvgIpc) is 2.92. The highest BCUT2D eigenvalue weighted by atomic mass is 32.2. The predicted molar refractivity (Wildman–Crippen MR) is 88.8 cm³/mol. The van der Waals surface area contributed by atoms with Crippen LogP contribution in [-0.4, -0.2) is 20.9 Å². The molecule has 0 fully saturated rings. The van der Waals surface area contributed by atoms with Crippen LogP contribution in [0.3, 0.4) is 0 Å². The second-order valence-corrected chi connectivity index (χ2v) is 7.74. The van der Waals surface area contributed by atoms with Crippen LogP contribution < -0.4 is 10.0 Å². The fourth-order valence-electron chi connectivity index (χ4n) is 1.72. The van der Waals surface area contributed by atoms with E-state index >= 15 is 0 Å². The minimum atomic E-state index is -3.59. The zero-order valence-electron chi connectivity index (χ0n) is 12.0. The summed E-state index contributed by atoms with van der Waals surface area (Å²) in [6.07, 6.45) is 1.59. The smallest absolute Gasteiger partial charge is 0.271 e. The van der Waals surface area contributed by atoms with Gasteiger partial charge in [0.25, 0.3) is 15.9 Å². The zero-order valence-corrected chi connectivity index (χ0v) is 13.6. The van der Waals surface area contributed by atoms with Crippen molar-refractivity contribution in [3.8, 4) is 0 Å². The van der Waals surface area contributed by atoms with Gasteiger partial charge in [-0.1, -0.05) is 6.08 Å². The Balaban J connectivity index is 2.11. The number of aryl methyl sites for hydroxylation is 1. The maximum atomic E-state index is 12.2. The molecular formula is C15H16N2O3S2. The monoisotopic (exact) mass is 336 g/mol. The standard InChI is InChI=1S/C15H16N2O3S2/c1-3-10-16-15(18)12-5-7-13(8-6-12)17-22(19,20)14-9-4-11(2)21-14/h3-9,17H,1,10H2,2H3,(H,16,18). The minimum absolute atomic E-state index is 0.233. The van der Waals surface area contributed by atoms with E-state index < -0.39 is 10.0 Å². The molecule has 1 aromatic carbocycles. The van der Waals surface area contributed by atoms with E-state index in [0.29, 0.717) is 17.8 Å². The van der Waals surface area contributed by atoms with Gasteiger partial charge in [0.2, 0.25) is 0 Å². The fraction of sp³-hybridized carbons (Fsp3) is 0.133. The van der Waals surface area contributed by atoms with E-state index in [2.05, 4.69) is 16.6 Å². The molecule has 22 heavy (non-hydrogen) atoms. The number of anilines is 1. The number of benzene rings is 1. The van der Waals surface area contributed by atoms with Gasteiger partial charge in [-0.15, -0.1) is 17.9 Å². The van der Waals surface area contributed by atoms with Crippen molar-refractivity contribution in [2.45, 2.75) is 11.1 Å². The maximum absolute atomic E-state index is 12.2. The molecule has 2 rings (SSSR count). The van der Waals surface area contributed by atoms with Crippen LogP contribution in [0.25, 0.3) is 0 Å². The lowest BCUT2D eigenvalue weighted by Crippen LogP contribution is -2.23. The number of thiophene rings is 1. The lowest BCUT2D eigenvalue weighted by Gasteiger charge is -2.07. The van der Waals surface area contributed by atoms with Crippen molar-refractivity contribution >= 4 is 33.0 Å². The molecule has 0 radical (unpaired) electrons. The molecule has 0 unspecified atom stereocenters. The summed E-state index contributed by atoms with van der Waals surface area (Å²) in [6, 6.07) is 9.57. The summed E-state index contributed by atoms with van der Waals surface area (Å²) in [5, 5.41) is 2.65. The van der Waals surface area contributed by atoms with Gasteiger partial charge in [-0.25, -0.2) is 8.42 Å². The summed E-state index contributed by atoms with van der Waals surface area (Å²) in [5.41, 5.74) is 0.864. The molecule has 2 aromatic rings. The van der Waals surface area contributed by atoms with Crippen molar-refractivity contribution in [2.75, 3.05) is 11.3 Å². The third-order valence-electron chi connectivity index (χ3n) is 2.79. The summed E-state index contributed by atoms with van der Waals surface area (Å²) in [4.78, 5) is 12.7. The van der Waals surface area contributed by atoms with E-state index in [0.717, 1.165) is 4.88 Å². The molecule has 116 valence electrons. The number of sulfonamides is 1. The Hall–Kier alpha value is -2.12. The zero-order chi connectivity index (χ0) is 16.2. The van der Waals surface area contributed by atoms with E-state index in [1.54, 1.807) is 42.5 Å². The van der Waals surface area contributed by atoms with Gasteiger partial charge in [0.05, 0.1) is 0 Å². The Labute approximate surface area is 133 Å². The average molecular weight is 336 g/mol. The van der Waals surface area contributed by atoms with Crippen molar-refractivity contribution in [2.24, 2.45) is 0 Å². The Morgan fingerprint density at radius 3 is 2.45 bits per heavy atom. The van der Waals surface area contributed by atoms with Crippen LogP contribution in [-0.2, 0) is 10.0 Å². The van der Waals surface area contributed by atoms with Gasteiger partial charge in [-0.2, -0.15) is 0 Å². The van der Waals surface area contributed by atoms with Gasteiger partial charge >= 0.3 is 0 Å². The van der Waals surface area contributed by atoms with Crippen molar-refractivity contribution < 1.29 is 13.2 Å². The first-order valence-electron chi connectivity index (χ1n) is 6.51. The summed E-state index contributed by atoms with van der Waals surface area (Å²) in [5.74, 6) is -0.233. The molecule has 0 aliphatic carbocycles. The highest BCUT2D eigenvalue weighted by molar-refractivity contribution is 7.94. The molecule has 0 spiro atoms. The fourth-order valence-corrected chi connectivity index (χ4v) is 4.06. The molecule has 0 atom stereocenters. The van der Waals surface area contributed by atoms with Gasteiger partial charge in [0, 0.05) is 22.7 Å². The lowest BCUT2D eigenvalue weighted by atomic mass is 10.2. The Bertz CT molecular complexity index is 777. The summed E-state index contributed by atoms with van der Waals surface area (Å²) in [7, 11) is -3.59. The summed E-state index contributed by atoms with van der Waals surface area (Å²) >= 11 is 1.21. The number of hydrogen-bond acceptors (Lipinski definition) is 4. The van der Waals surface area contributed by atoms with E-state index in [9.17, 15) is 13.2 Å². The number of hydrogen-bond donors (Lipinski definition) is 2. The molecule has 1 amide bonds. The van der Waals surface area contributed by atoms with E-state index in [1.165, 1.54) is 11.3 Å². The Morgan fingerprint density at radius 2 is 1.91 bits per heavy atom. The predicted octanol–water partition coefficient (Wildman–Crippen LogP) is 2.77. The van der Waals surface area contributed by atoms with Crippen LogP contribution in [0.2, 0.25) is 0 Å². The Morgan fingerprint density at radius 1 is 1.23 bits per heavy atom. The quantitative estimate of drug-likeness (QED) is 0.797. The molecule has 0 aliphatic heterocycles. The van der Waals surface area contributed by atoms with Gasteiger partial charge in [0.1, 0.15) is 4.21 Å². The normalized spacial score (nSPS) is 11.0. The molecule has 0 bridgehead atoms. The van der Waals surface area contributed by atoms with Crippen LogP contribution >= 0.6 is 11.3 Å². The third-order valence-corrected chi connectivity index (χ3v) is 5.66. The van der Waals surface area contributed by atoms with Gasteiger partial charge < -0.3 is 5.32 Å². The van der Waals surface area contributed by atoms with Crippen LogP contribution in [0.4, 0.5) is 5.69 Å².